The van der Waals surface area contributed by atoms with Crippen LogP contribution in [0.3, 0.4) is 0 Å². The van der Waals surface area contributed by atoms with Gasteiger partial charge in [-0.2, -0.15) is 0 Å². The van der Waals surface area contributed by atoms with Gasteiger partial charge in [-0.25, -0.2) is 0 Å². The monoisotopic (exact) mass is 437 g/mol. The Hall–Kier alpha value is -3.06. The van der Waals surface area contributed by atoms with E-state index >= 15 is 0 Å². The fraction of sp³-hybridized carbons (Fsp3) is 0.440. The Morgan fingerprint density at radius 3 is 2.53 bits per heavy atom. The number of anilines is 2. The van der Waals surface area contributed by atoms with Crippen molar-refractivity contribution in [1.82, 2.24) is 4.90 Å². The molecule has 7 nitrogen and oxygen atoms in total. The van der Waals surface area contributed by atoms with Crippen LogP contribution >= 0.6 is 0 Å². The molecule has 32 heavy (non-hydrogen) atoms. The fourth-order valence-corrected chi connectivity index (χ4v) is 4.37. The van der Waals surface area contributed by atoms with Crippen molar-refractivity contribution in [2.45, 2.75) is 38.8 Å². The predicted octanol–water partition coefficient (Wildman–Crippen LogP) is 3.90. The highest BCUT2D eigenvalue weighted by Crippen LogP contribution is 2.36. The number of nitrogens with one attached hydrogen (secondary N) is 1. The minimum absolute atomic E-state index is 0.0583. The molecule has 1 unspecified atom stereocenters. The average molecular weight is 438 g/mol. The molecule has 2 fully saturated rings. The summed E-state index contributed by atoms with van der Waals surface area (Å²) in [7, 11) is 0. The van der Waals surface area contributed by atoms with Gasteiger partial charge in [-0.3, -0.25) is 9.59 Å². The quantitative estimate of drug-likeness (QED) is 0.665. The SMILES string of the molecule is CCCCOc1ccc(C(=O)Nc2ccc(N3CCC4(C3)OCCN4C(C)=O)cc2)cc1. The molecule has 2 aromatic rings. The molecule has 2 amide bonds. The van der Waals surface area contributed by atoms with Gasteiger partial charge in [-0.1, -0.05) is 13.3 Å². The Kier molecular flexibility index (Phi) is 6.65. The van der Waals surface area contributed by atoms with Crippen LogP contribution in [0.25, 0.3) is 0 Å². The third-order valence-electron chi connectivity index (χ3n) is 6.14. The molecule has 2 heterocycles. The number of carbonyl (C=O) groups is 2. The average Bonchev–Trinajstić information content (AvgIpc) is 3.42. The summed E-state index contributed by atoms with van der Waals surface area (Å²) in [5, 5.41) is 2.94. The van der Waals surface area contributed by atoms with Gasteiger partial charge in [0.25, 0.3) is 5.91 Å². The van der Waals surface area contributed by atoms with Crippen molar-refractivity contribution in [2.24, 2.45) is 0 Å². The number of nitrogens with zero attached hydrogens (tertiary/aromatic N) is 2. The maximum Gasteiger partial charge on any atom is 0.255 e. The van der Waals surface area contributed by atoms with E-state index in [2.05, 4.69) is 17.1 Å². The predicted molar refractivity (Wildman–Crippen MR) is 124 cm³/mol. The number of hydrogen-bond donors (Lipinski definition) is 1. The minimum Gasteiger partial charge on any atom is -0.494 e. The van der Waals surface area contributed by atoms with E-state index in [0.29, 0.717) is 31.9 Å². The fourth-order valence-electron chi connectivity index (χ4n) is 4.37. The number of amides is 2. The molecule has 1 N–H and O–H groups in total. The van der Waals surface area contributed by atoms with Crippen LogP contribution in [0.2, 0.25) is 0 Å². The normalized spacial score (nSPS) is 20.1. The molecule has 0 aliphatic carbocycles. The second-order valence-corrected chi connectivity index (χ2v) is 8.36. The summed E-state index contributed by atoms with van der Waals surface area (Å²) in [5.74, 6) is 0.676. The maximum absolute atomic E-state index is 12.6. The number of rotatable bonds is 7. The zero-order valence-electron chi connectivity index (χ0n) is 18.8. The first-order chi connectivity index (χ1) is 15.5. The zero-order valence-corrected chi connectivity index (χ0v) is 18.8. The highest BCUT2D eigenvalue weighted by atomic mass is 16.5. The van der Waals surface area contributed by atoms with Crippen molar-refractivity contribution < 1.29 is 19.1 Å². The molecular weight excluding hydrogens is 406 g/mol. The smallest absolute Gasteiger partial charge is 0.255 e. The van der Waals surface area contributed by atoms with E-state index in [4.69, 9.17) is 9.47 Å². The summed E-state index contributed by atoms with van der Waals surface area (Å²) in [6.07, 6.45) is 2.89. The van der Waals surface area contributed by atoms with Crippen LogP contribution < -0.4 is 15.0 Å². The van der Waals surface area contributed by atoms with Crippen LogP contribution in [-0.4, -0.2) is 55.3 Å². The topological polar surface area (TPSA) is 71.1 Å². The Bertz CT molecular complexity index is 945. The highest BCUT2D eigenvalue weighted by molar-refractivity contribution is 6.04. The van der Waals surface area contributed by atoms with Gasteiger partial charge >= 0.3 is 0 Å². The molecule has 0 bridgehead atoms. The van der Waals surface area contributed by atoms with Crippen LogP contribution in [0.1, 0.15) is 43.5 Å². The number of hydrogen-bond acceptors (Lipinski definition) is 5. The van der Waals surface area contributed by atoms with Gasteiger partial charge in [0.1, 0.15) is 5.75 Å². The molecule has 2 aliphatic rings. The lowest BCUT2D eigenvalue weighted by atomic mass is 10.1. The van der Waals surface area contributed by atoms with Crippen molar-refractivity contribution in [1.29, 1.82) is 0 Å². The summed E-state index contributed by atoms with van der Waals surface area (Å²) >= 11 is 0. The first-order valence-corrected chi connectivity index (χ1v) is 11.3. The van der Waals surface area contributed by atoms with Crippen LogP contribution in [0.4, 0.5) is 11.4 Å². The zero-order chi connectivity index (χ0) is 22.6. The van der Waals surface area contributed by atoms with Crippen molar-refractivity contribution in [3.8, 4) is 5.75 Å². The Morgan fingerprint density at radius 1 is 1.09 bits per heavy atom. The molecule has 0 radical (unpaired) electrons. The molecule has 2 aromatic carbocycles. The molecule has 4 rings (SSSR count). The Morgan fingerprint density at radius 2 is 1.84 bits per heavy atom. The Labute approximate surface area is 189 Å². The Balaban J connectivity index is 1.34. The van der Waals surface area contributed by atoms with E-state index < -0.39 is 5.72 Å². The second-order valence-electron chi connectivity index (χ2n) is 8.36. The standard InChI is InChI=1S/C25H31N3O4/c1-3-4-16-31-23-11-5-20(6-12-23)24(30)26-21-7-9-22(10-8-21)27-14-13-25(18-27)28(19(2)29)15-17-32-25/h5-12H,3-4,13-18H2,1-2H3,(H,26,30). The minimum atomic E-state index is -0.509. The van der Waals surface area contributed by atoms with E-state index in [0.717, 1.165) is 42.9 Å². The number of carbonyl (C=O) groups excluding carboxylic acids is 2. The molecular formula is C25H31N3O4. The number of unbranched alkanes of at least 4 members (excludes halogenated alkanes) is 1. The highest BCUT2D eigenvalue weighted by Gasteiger charge is 2.48. The van der Waals surface area contributed by atoms with Crippen molar-refractivity contribution >= 4 is 23.2 Å². The van der Waals surface area contributed by atoms with Crippen LogP contribution in [0.5, 0.6) is 5.75 Å². The van der Waals surface area contributed by atoms with Crippen LogP contribution in [0, 0.1) is 0 Å². The van der Waals surface area contributed by atoms with Crippen molar-refractivity contribution in [2.75, 3.05) is 43.1 Å². The van der Waals surface area contributed by atoms with Crippen LogP contribution in [0.15, 0.2) is 48.5 Å². The first-order valence-electron chi connectivity index (χ1n) is 11.3. The lowest BCUT2D eigenvalue weighted by Gasteiger charge is -2.33. The summed E-state index contributed by atoms with van der Waals surface area (Å²) in [4.78, 5) is 28.6. The van der Waals surface area contributed by atoms with Gasteiger partial charge in [0, 0.05) is 43.4 Å². The third kappa shape index (κ3) is 4.72. The van der Waals surface area contributed by atoms with Gasteiger partial charge in [-0.05, 0) is 55.0 Å². The van der Waals surface area contributed by atoms with Gasteiger partial charge in [0.05, 0.1) is 19.8 Å². The van der Waals surface area contributed by atoms with Gasteiger partial charge in [-0.15, -0.1) is 0 Å². The van der Waals surface area contributed by atoms with E-state index in [9.17, 15) is 9.59 Å². The molecule has 1 spiro atoms. The number of benzene rings is 2. The molecule has 0 saturated carbocycles. The van der Waals surface area contributed by atoms with E-state index in [1.165, 1.54) is 0 Å². The molecule has 170 valence electrons. The lowest BCUT2D eigenvalue weighted by Crippen LogP contribution is -2.49. The second kappa shape index (κ2) is 9.61. The van der Waals surface area contributed by atoms with Gasteiger partial charge < -0.3 is 24.6 Å². The third-order valence-corrected chi connectivity index (χ3v) is 6.14. The first kappa shape index (κ1) is 22.1. The number of ether oxygens (including phenoxy) is 2. The molecule has 2 aliphatic heterocycles. The van der Waals surface area contributed by atoms with E-state index in [-0.39, 0.29) is 11.8 Å². The molecule has 2 saturated heterocycles. The molecule has 7 heteroatoms. The van der Waals surface area contributed by atoms with Gasteiger partial charge in [0.2, 0.25) is 5.91 Å². The van der Waals surface area contributed by atoms with Crippen molar-refractivity contribution in [3.63, 3.8) is 0 Å². The van der Waals surface area contributed by atoms with Crippen molar-refractivity contribution in [3.05, 3.63) is 54.1 Å². The largest absolute Gasteiger partial charge is 0.494 e. The summed E-state index contributed by atoms with van der Waals surface area (Å²) in [5.41, 5.74) is 1.86. The van der Waals surface area contributed by atoms with E-state index in [1.807, 2.05) is 41.3 Å². The van der Waals surface area contributed by atoms with Gasteiger partial charge in [0.15, 0.2) is 5.72 Å². The van der Waals surface area contributed by atoms with E-state index in [1.54, 1.807) is 19.1 Å². The lowest BCUT2D eigenvalue weighted by molar-refractivity contribution is -0.143. The molecule has 1 atom stereocenters. The summed E-state index contributed by atoms with van der Waals surface area (Å²) in [6.45, 7) is 7.13. The van der Waals surface area contributed by atoms with Crippen LogP contribution in [-0.2, 0) is 9.53 Å². The summed E-state index contributed by atoms with van der Waals surface area (Å²) in [6, 6.07) is 15.0. The molecule has 0 aromatic heterocycles. The summed E-state index contributed by atoms with van der Waals surface area (Å²) < 4.78 is 11.6. The maximum atomic E-state index is 12.6.